The molecule has 2 saturated heterocycles. The third-order valence-corrected chi connectivity index (χ3v) is 4.77. The molecule has 0 radical (unpaired) electrons. The van der Waals surface area contributed by atoms with E-state index in [-0.39, 0.29) is 35.2 Å². The van der Waals surface area contributed by atoms with Gasteiger partial charge in [-0.2, -0.15) is 0 Å². The van der Waals surface area contributed by atoms with Crippen molar-refractivity contribution in [2.75, 3.05) is 19.7 Å². The highest BCUT2D eigenvalue weighted by Crippen LogP contribution is 2.37. The van der Waals surface area contributed by atoms with E-state index in [9.17, 15) is 9.59 Å². The lowest BCUT2D eigenvalue weighted by Gasteiger charge is -2.34. The number of hydrogen-bond acceptors (Lipinski definition) is 4. The topological polar surface area (TPSA) is 67.9 Å². The summed E-state index contributed by atoms with van der Waals surface area (Å²) in [6.45, 7) is 11.5. The Bertz CT molecular complexity index is 454. The average molecular weight is 326 g/mol. The van der Waals surface area contributed by atoms with Crippen LogP contribution in [0.3, 0.4) is 0 Å². The number of amides is 2. The molecule has 6 nitrogen and oxygen atoms in total. The van der Waals surface area contributed by atoms with Gasteiger partial charge < -0.3 is 19.7 Å². The van der Waals surface area contributed by atoms with Crippen LogP contribution in [0.4, 0.5) is 4.79 Å². The van der Waals surface area contributed by atoms with Crippen LogP contribution in [-0.4, -0.2) is 53.8 Å². The molecule has 0 spiro atoms. The summed E-state index contributed by atoms with van der Waals surface area (Å²) in [6.07, 6.45) is 2.13. The highest BCUT2D eigenvalue weighted by molar-refractivity contribution is 5.76. The normalized spacial score (nSPS) is 26.8. The van der Waals surface area contributed by atoms with E-state index in [2.05, 4.69) is 5.32 Å². The number of hydrogen-bond donors (Lipinski definition) is 1. The van der Waals surface area contributed by atoms with Gasteiger partial charge in [-0.05, 0) is 53.9 Å². The number of carbonyl (C=O) groups excluding carboxylic acids is 2. The first-order chi connectivity index (χ1) is 10.6. The van der Waals surface area contributed by atoms with E-state index in [0.29, 0.717) is 32.5 Å². The molecule has 2 aliphatic rings. The first-order valence-electron chi connectivity index (χ1n) is 8.57. The number of ether oxygens (including phenoxy) is 2. The average Bonchev–Trinajstić information content (AvgIpc) is 2.66. The van der Waals surface area contributed by atoms with Gasteiger partial charge in [0.15, 0.2) is 0 Å². The van der Waals surface area contributed by atoms with Gasteiger partial charge in [0.1, 0.15) is 0 Å². The number of carbonyl (C=O) groups is 2. The predicted octanol–water partition coefficient (Wildman–Crippen LogP) is 2.32. The number of urea groups is 1. The zero-order chi connectivity index (χ0) is 17.3. The Labute approximate surface area is 138 Å². The van der Waals surface area contributed by atoms with Crippen LogP contribution in [0.5, 0.6) is 0 Å². The van der Waals surface area contributed by atoms with Crippen molar-refractivity contribution in [3.63, 3.8) is 0 Å². The van der Waals surface area contributed by atoms with Crippen molar-refractivity contribution < 1.29 is 19.1 Å². The molecule has 0 saturated carbocycles. The first-order valence-corrected chi connectivity index (χ1v) is 8.57. The molecule has 2 heterocycles. The molecule has 23 heavy (non-hydrogen) atoms. The second-order valence-corrected chi connectivity index (χ2v) is 7.68. The fourth-order valence-electron chi connectivity index (χ4n) is 3.61. The van der Waals surface area contributed by atoms with Gasteiger partial charge in [-0.15, -0.1) is 0 Å². The van der Waals surface area contributed by atoms with Crippen molar-refractivity contribution in [1.29, 1.82) is 0 Å². The van der Waals surface area contributed by atoms with Crippen LogP contribution in [0, 0.1) is 5.92 Å². The third kappa shape index (κ3) is 4.37. The fraction of sp³-hybridized carbons (Fsp3) is 0.882. The largest absolute Gasteiger partial charge is 0.466 e. The van der Waals surface area contributed by atoms with Crippen molar-refractivity contribution in [3.05, 3.63) is 0 Å². The maximum Gasteiger partial charge on any atom is 0.317 e. The number of likely N-dealkylation sites (tertiary alicyclic amines) is 1. The molecule has 6 heteroatoms. The van der Waals surface area contributed by atoms with Crippen LogP contribution >= 0.6 is 0 Å². The van der Waals surface area contributed by atoms with Crippen LogP contribution in [-0.2, 0) is 14.3 Å². The highest BCUT2D eigenvalue weighted by Gasteiger charge is 2.47. The molecule has 1 N–H and O–H groups in total. The van der Waals surface area contributed by atoms with Crippen LogP contribution in [0.2, 0.25) is 0 Å². The first kappa shape index (κ1) is 18.0. The molecule has 0 bridgehead atoms. The lowest BCUT2D eigenvalue weighted by molar-refractivity contribution is -0.149. The summed E-state index contributed by atoms with van der Waals surface area (Å²) < 4.78 is 11.1. The lowest BCUT2D eigenvalue weighted by atomic mass is 9.94. The molecule has 0 aromatic rings. The summed E-state index contributed by atoms with van der Waals surface area (Å²) in [5.74, 6) is -0.219. The molecular formula is C17H30N2O4. The van der Waals surface area contributed by atoms with Crippen molar-refractivity contribution >= 4 is 12.0 Å². The molecular weight excluding hydrogens is 296 g/mol. The van der Waals surface area contributed by atoms with Gasteiger partial charge in [0.2, 0.25) is 0 Å². The Morgan fingerprint density at radius 1 is 1.22 bits per heavy atom. The van der Waals surface area contributed by atoms with Crippen LogP contribution in [0.1, 0.15) is 53.9 Å². The number of rotatable bonds is 3. The molecule has 2 rings (SSSR count). The second kappa shape index (κ2) is 6.67. The Kier molecular flexibility index (Phi) is 5.23. The van der Waals surface area contributed by atoms with Gasteiger partial charge in [-0.25, -0.2) is 4.79 Å². The second-order valence-electron chi connectivity index (χ2n) is 7.68. The summed E-state index contributed by atoms with van der Waals surface area (Å²) in [5, 5.41) is 3.11. The van der Waals surface area contributed by atoms with E-state index < -0.39 is 0 Å². The van der Waals surface area contributed by atoms with Crippen molar-refractivity contribution in [2.45, 2.75) is 71.1 Å². The molecule has 0 aromatic carbocycles. The number of nitrogens with one attached hydrogen (secondary N) is 1. The molecule has 0 aliphatic carbocycles. The van der Waals surface area contributed by atoms with Crippen molar-refractivity contribution in [2.24, 2.45) is 5.92 Å². The van der Waals surface area contributed by atoms with Crippen LogP contribution < -0.4 is 5.32 Å². The molecule has 0 unspecified atom stereocenters. The number of esters is 1. The zero-order valence-corrected chi connectivity index (χ0v) is 15.0. The van der Waals surface area contributed by atoms with Crippen molar-refractivity contribution in [1.82, 2.24) is 10.2 Å². The van der Waals surface area contributed by atoms with Crippen LogP contribution in [0.15, 0.2) is 0 Å². The van der Waals surface area contributed by atoms with Crippen molar-refractivity contribution in [3.8, 4) is 0 Å². The van der Waals surface area contributed by atoms with Gasteiger partial charge in [-0.3, -0.25) is 4.79 Å². The SMILES string of the molecule is CCOC(=O)C1CCN(C(=O)N[C@@H]2CC(C)(C)OC2(C)C)CC1. The van der Waals surface area contributed by atoms with Crippen LogP contribution in [0.25, 0.3) is 0 Å². The maximum atomic E-state index is 12.5. The maximum absolute atomic E-state index is 12.5. The molecule has 132 valence electrons. The number of piperidine rings is 1. The van der Waals surface area contributed by atoms with Gasteiger partial charge in [0, 0.05) is 13.1 Å². The Balaban J connectivity index is 1.85. The minimum atomic E-state index is -0.373. The van der Waals surface area contributed by atoms with Gasteiger partial charge in [0.25, 0.3) is 0 Å². The summed E-state index contributed by atoms with van der Waals surface area (Å²) in [7, 11) is 0. The standard InChI is InChI=1S/C17H30N2O4/c1-6-22-14(20)12-7-9-19(10-8-12)15(21)18-13-11-16(2,3)23-17(13,4)5/h12-13H,6-11H2,1-5H3,(H,18,21)/t13-/m1/s1. The van der Waals surface area contributed by atoms with Gasteiger partial charge in [-0.1, -0.05) is 0 Å². The number of nitrogens with zero attached hydrogens (tertiary/aromatic N) is 1. The summed E-state index contributed by atoms with van der Waals surface area (Å²) in [6, 6.07) is -0.0699. The van der Waals surface area contributed by atoms with E-state index in [0.717, 1.165) is 6.42 Å². The van der Waals surface area contributed by atoms with E-state index >= 15 is 0 Å². The summed E-state index contributed by atoms with van der Waals surface area (Å²) in [4.78, 5) is 26.0. The molecule has 2 fully saturated rings. The van der Waals surface area contributed by atoms with E-state index in [1.807, 2.05) is 34.6 Å². The third-order valence-electron chi connectivity index (χ3n) is 4.77. The monoisotopic (exact) mass is 326 g/mol. The predicted molar refractivity (Wildman–Crippen MR) is 87.1 cm³/mol. The lowest BCUT2D eigenvalue weighted by Crippen LogP contribution is -2.53. The molecule has 1 atom stereocenters. The molecule has 2 aliphatic heterocycles. The molecule has 2 amide bonds. The smallest absolute Gasteiger partial charge is 0.317 e. The summed E-state index contributed by atoms with van der Waals surface area (Å²) in [5.41, 5.74) is -0.596. The van der Waals surface area contributed by atoms with E-state index in [1.165, 1.54) is 0 Å². The minimum absolute atomic E-state index is 0.00669. The summed E-state index contributed by atoms with van der Waals surface area (Å²) >= 11 is 0. The Morgan fingerprint density at radius 3 is 2.30 bits per heavy atom. The van der Waals surface area contributed by atoms with E-state index in [1.54, 1.807) is 4.90 Å². The fourth-order valence-corrected chi connectivity index (χ4v) is 3.61. The molecule has 0 aromatic heterocycles. The Hall–Kier alpha value is -1.30. The highest BCUT2D eigenvalue weighted by atomic mass is 16.5. The minimum Gasteiger partial charge on any atom is -0.466 e. The Morgan fingerprint density at radius 2 is 1.83 bits per heavy atom. The van der Waals surface area contributed by atoms with Gasteiger partial charge >= 0.3 is 12.0 Å². The zero-order valence-electron chi connectivity index (χ0n) is 15.0. The van der Waals surface area contributed by atoms with E-state index in [4.69, 9.17) is 9.47 Å². The van der Waals surface area contributed by atoms with Gasteiger partial charge in [0.05, 0.1) is 29.8 Å². The quantitative estimate of drug-likeness (QED) is 0.808.